The van der Waals surface area contributed by atoms with Gasteiger partial charge in [-0.05, 0) is 42.1 Å². The molecule has 0 saturated heterocycles. The van der Waals surface area contributed by atoms with Crippen LogP contribution in [0.4, 0.5) is 0 Å². The van der Waals surface area contributed by atoms with Crippen molar-refractivity contribution in [3.8, 4) is 0 Å². The Labute approximate surface area is 119 Å². The van der Waals surface area contributed by atoms with Gasteiger partial charge in [-0.15, -0.1) is 0 Å². The summed E-state index contributed by atoms with van der Waals surface area (Å²) in [5.74, 6) is 0. The number of fused-ring (bicyclic) bond motifs is 1. The first kappa shape index (κ1) is 12.8. The molecule has 0 radical (unpaired) electrons. The van der Waals surface area contributed by atoms with Crippen molar-refractivity contribution in [2.45, 2.75) is 13.0 Å². The van der Waals surface area contributed by atoms with Crippen LogP contribution >= 0.6 is 0 Å². The van der Waals surface area contributed by atoms with Gasteiger partial charge in [0.15, 0.2) is 0 Å². The number of nitrogens with one attached hydrogen (secondary N) is 1. The van der Waals surface area contributed by atoms with Crippen LogP contribution in [0.15, 0.2) is 60.9 Å². The molecule has 0 saturated carbocycles. The van der Waals surface area contributed by atoms with Gasteiger partial charge in [0, 0.05) is 17.8 Å². The lowest BCUT2D eigenvalue weighted by molar-refractivity contribution is 0.692. The third kappa shape index (κ3) is 2.19. The summed E-state index contributed by atoms with van der Waals surface area (Å²) in [4.78, 5) is 4.21. The highest BCUT2D eigenvalue weighted by Crippen LogP contribution is 2.29. The maximum Gasteiger partial charge on any atom is 0.0583 e. The van der Waals surface area contributed by atoms with Gasteiger partial charge < -0.3 is 5.32 Å². The van der Waals surface area contributed by atoms with Crippen molar-refractivity contribution in [3.05, 3.63) is 77.6 Å². The highest BCUT2D eigenvalue weighted by atomic mass is 14.9. The number of benzene rings is 2. The second kappa shape index (κ2) is 5.43. The Kier molecular flexibility index (Phi) is 3.48. The molecule has 1 atom stereocenters. The van der Waals surface area contributed by atoms with Gasteiger partial charge in [-0.2, -0.15) is 0 Å². The summed E-state index contributed by atoms with van der Waals surface area (Å²) < 4.78 is 0. The van der Waals surface area contributed by atoms with Crippen LogP contribution in [-0.2, 0) is 0 Å². The van der Waals surface area contributed by atoms with Crippen molar-refractivity contribution >= 4 is 10.8 Å². The second-order valence-corrected chi connectivity index (χ2v) is 5.02. The molecule has 2 heteroatoms. The van der Waals surface area contributed by atoms with Crippen molar-refractivity contribution in [2.75, 3.05) is 7.05 Å². The predicted octanol–water partition coefficient (Wildman–Crippen LogP) is 3.85. The first-order valence-electron chi connectivity index (χ1n) is 6.86. The lowest BCUT2D eigenvalue weighted by Crippen LogP contribution is -2.19. The summed E-state index contributed by atoms with van der Waals surface area (Å²) in [5, 5.41) is 5.88. The van der Waals surface area contributed by atoms with Crippen molar-refractivity contribution < 1.29 is 0 Å². The highest BCUT2D eigenvalue weighted by molar-refractivity contribution is 5.85. The molecule has 1 aromatic heterocycles. The number of aryl methyl sites for hydroxylation is 1. The Morgan fingerprint density at radius 3 is 2.55 bits per heavy atom. The summed E-state index contributed by atoms with van der Waals surface area (Å²) in [5.41, 5.74) is 3.92. The Bertz CT molecular complexity index is 729. The van der Waals surface area contributed by atoms with E-state index in [4.69, 9.17) is 0 Å². The van der Waals surface area contributed by atoms with E-state index in [2.05, 4.69) is 65.8 Å². The smallest absolute Gasteiger partial charge is 0.0583 e. The van der Waals surface area contributed by atoms with E-state index >= 15 is 0 Å². The van der Waals surface area contributed by atoms with Gasteiger partial charge in [-0.3, -0.25) is 4.98 Å². The summed E-state index contributed by atoms with van der Waals surface area (Å²) in [7, 11) is 2.01. The first-order chi connectivity index (χ1) is 9.81. The first-order valence-corrected chi connectivity index (χ1v) is 6.86. The minimum atomic E-state index is 0.197. The second-order valence-electron chi connectivity index (χ2n) is 5.02. The Morgan fingerprint density at radius 1 is 0.950 bits per heavy atom. The average Bonchev–Trinajstić information content (AvgIpc) is 2.50. The maximum atomic E-state index is 4.21. The SMILES string of the molecule is CNC(c1ccccc1C)c1cccc2cnccc12. The molecule has 100 valence electrons. The van der Waals surface area contributed by atoms with Crippen LogP contribution in [0.5, 0.6) is 0 Å². The summed E-state index contributed by atoms with van der Waals surface area (Å²) in [6.45, 7) is 2.16. The summed E-state index contributed by atoms with van der Waals surface area (Å²) in [6.07, 6.45) is 3.78. The van der Waals surface area contributed by atoms with Crippen molar-refractivity contribution in [1.82, 2.24) is 10.3 Å². The predicted molar refractivity (Wildman–Crippen MR) is 83.8 cm³/mol. The van der Waals surface area contributed by atoms with Crippen LogP contribution in [0.25, 0.3) is 10.8 Å². The molecule has 20 heavy (non-hydrogen) atoms. The molecule has 0 aliphatic carbocycles. The zero-order valence-corrected chi connectivity index (χ0v) is 11.8. The van der Waals surface area contributed by atoms with Crippen LogP contribution in [0.2, 0.25) is 0 Å². The van der Waals surface area contributed by atoms with E-state index in [9.17, 15) is 0 Å². The minimum absolute atomic E-state index is 0.197. The maximum absolute atomic E-state index is 4.21. The molecule has 0 aliphatic heterocycles. The highest BCUT2D eigenvalue weighted by Gasteiger charge is 2.16. The van der Waals surface area contributed by atoms with Crippen LogP contribution in [0, 0.1) is 6.92 Å². The quantitative estimate of drug-likeness (QED) is 0.775. The molecule has 0 bridgehead atoms. The van der Waals surface area contributed by atoms with Crippen molar-refractivity contribution in [2.24, 2.45) is 0 Å². The van der Waals surface area contributed by atoms with Gasteiger partial charge in [0.1, 0.15) is 0 Å². The van der Waals surface area contributed by atoms with E-state index in [1.807, 2.05) is 19.4 Å². The molecule has 0 amide bonds. The molecule has 0 fully saturated rings. The van der Waals surface area contributed by atoms with Crippen LogP contribution in [0.1, 0.15) is 22.7 Å². The van der Waals surface area contributed by atoms with Crippen molar-refractivity contribution in [1.29, 1.82) is 0 Å². The topological polar surface area (TPSA) is 24.9 Å². The minimum Gasteiger partial charge on any atom is -0.309 e. The molecule has 0 spiro atoms. The van der Waals surface area contributed by atoms with Gasteiger partial charge in [0.2, 0.25) is 0 Å². The van der Waals surface area contributed by atoms with E-state index in [0.717, 1.165) is 0 Å². The van der Waals surface area contributed by atoms with Crippen molar-refractivity contribution in [3.63, 3.8) is 0 Å². The van der Waals surface area contributed by atoms with Gasteiger partial charge >= 0.3 is 0 Å². The van der Waals surface area contributed by atoms with Gasteiger partial charge in [0.05, 0.1) is 6.04 Å². The third-order valence-electron chi connectivity index (χ3n) is 3.81. The normalized spacial score (nSPS) is 12.5. The number of hydrogen-bond acceptors (Lipinski definition) is 2. The lowest BCUT2D eigenvalue weighted by atomic mass is 9.92. The monoisotopic (exact) mass is 262 g/mol. The Balaban J connectivity index is 2.20. The molecule has 3 rings (SSSR count). The zero-order valence-electron chi connectivity index (χ0n) is 11.8. The van der Waals surface area contributed by atoms with E-state index in [1.165, 1.54) is 27.5 Å². The molecule has 1 heterocycles. The number of aromatic nitrogens is 1. The lowest BCUT2D eigenvalue weighted by Gasteiger charge is -2.21. The molecule has 2 nitrogen and oxygen atoms in total. The number of pyridine rings is 1. The van der Waals surface area contributed by atoms with Crippen LogP contribution in [-0.4, -0.2) is 12.0 Å². The fraction of sp³-hybridized carbons (Fsp3) is 0.167. The fourth-order valence-corrected chi connectivity index (χ4v) is 2.79. The van der Waals surface area contributed by atoms with E-state index in [0.29, 0.717) is 0 Å². The van der Waals surface area contributed by atoms with E-state index in [1.54, 1.807) is 0 Å². The molecular formula is C18H18N2. The molecule has 0 aliphatic rings. The Hall–Kier alpha value is -2.19. The number of nitrogens with zero attached hydrogens (tertiary/aromatic N) is 1. The standard InChI is InChI=1S/C18H18N2/c1-13-6-3-4-8-15(13)18(19-2)17-9-5-7-14-12-20-11-10-16(14)17/h3-12,18-19H,1-2H3. The van der Waals surface area contributed by atoms with Crippen LogP contribution < -0.4 is 5.32 Å². The number of hydrogen-bond donors (Lipinski definition) is 1. The van der Waals surface area contributed by atoms with Gasteiger partial charge in [-0.1, -0.05) is 42.5 Å². The largest absolute Gasteiger partial charge is 0.309 e. The molecular weight excluding hydrogens is 244 g/mol. The molecule has 1 N–H and O–H groups in total. The Morgan fingerprint density at radius 2 is 1.75 bits per heavy atom. The van der Waals surface area contributed by atoms with Gasteiger partial charge in [-0.25, -0.2) is 0 Å². The van der Waals surface area contributed by atoms with Crippen LogP contribution in [0.3, 0.4) is 0 Å². The fourth-order valence-electron chi connectivity index (χ4n) is 2.79. The average molecular weight is 262 g/mol. The summed E-state index contributed by atoms with van der Waals surface area (Å²) >= 11 is 0. The third-order valence-corrected chi connectivity index (χ3v) is 3.81. The molecule has 2 aromatic carbocycles. The van der Waals surface area contributed by atoms with E-state index in [-0.39, 0.29) is 6.04 Å². The number of rotatable bonds is 3. The zero-order chi connectivity index (χ0) is 13.9. The summed E-state index contributed by atoms with van der Waals surface area (Å²) in [6, 6.07) is 17.2. The van der Waals surface area contributed by atoms with E-state index < -0.39 is 0 Å². The van der Waals surface area contributed by atoms with Gasteiger partial charge in [0.25, 0.3) is 0 Å². The molecule has 1 unspecified atom stereocenters. The molecule has 3 aromatic rings.